The van der Waals surface area contributed by atoms with Gasteiger partial charge in [0.1, 0.15) is 5.76 Å². The van der Waals surface area contributed by atoms with Crippen molar-refractivity contribution in [2.75, 3.05) is 40.4 Å². The highest BCUT2D eigenvalue weighted by atomic mass is 16.5. The van der Waals surface area contributed by atoms with Gasteiger partial charge < -0.3 is 24.3 Å². The zero-order valence-corrected chi connectivity index (χ0v) is 20.9. The van der Waals surface area contributed by atoms with Crippen LogP contribution in [0.1, 0.15) is 37.0 Å². The summed E-state index contributed by atoms with van der Waals surface area (Å²) in [5.74, 6) is 0.861. The van der Waals surface area contributed by atoms with Gasteiger partial charge in [0.25, 0.3) is 5.91 Å². The van der Waals surface area contributed by atoms with E-state index in [1.165, 1.54) is 0 Å². The van der Waals surface area contributed by atoms with Gasteiger partial charge in [-0.3, -0.25) is 9.69 Å². The number of amides is 3. The minimum atomic E-state index is -0.411. The molecule has 2 atom stereocenters. The van der Waals surface area contributed by atoms with Gasteiger partial charge in [-0.25, -0.2) is 4.79 Å². The molecular formula is C27H34N4O4. The number of likely N-dealkylation sites (tertiary alicyclic amines) is 1. The van der Waals surface area contributed by atoms with Gasteiger partial charge in [0.15, 0.2) is 0 Å². The fourth-order valence-electron chi connectivity index (χ4n) is 6.19. The standard InChI is InChI=1S/C27H34N4O4/c1-5-31-26(33)30-17-20-15-21(34-3)6-7-22(35-4)24(20)18(2)14-23(30)27(31)9-12-29(13-10-27)25(32)19-8-11-28-16-19/h6-8,11,14-16,18,22,28H,5,9-10,12-13,17H2,1-4H3/t18-,22?/m0/s1. The van der Waals surface area contributed by atoms with E-state index in [0.29, 0.717) is 31.7 Å². The normalized spacial score (nSPS) is 25.7. The largest absolute Gasteiger partial charge is 0.497 e. The summed E-state index contributed by atoms with van der Waals surface area (Å²) in [4.78, 5) is 35.6. The van der Waals surface area contributed by atoms with E-state index in [0.717, 1.165) is 35.4 Å². The number of carbonyl (C=O) groups excluding carboxylic acids is 2. The van der Waals surface area contributed by atoms with Gasteiger partial charge >= 0.3 is 6.03 Å². The topological polar surface area (TPSA) is 78.1 Å². The van der Waals surface area contributed by atoms with Crippen molar-refractivity contribution in [1.82, 2.24) is 19.7 Å². The molecule has 8 nitrogen and oxygen atoms in total. The molecular weight excluding hydrogens is 444 g/mol. The lowest BCUT2D eigenvalue weighted by Crippen LogP contribution is -2.54. The van der Waals surface area contributed by atoms with E-state index in [4.69, 9.17) is 9.47 Å². The molecule has 2 saturated heterocycles. The number of allylic oxidation sites excluding steroid dienone is 2. The molecule has 0 aromatic carbocycles. The van der Waals surface area contributed by atoms with Gasteiger partial charge in [0.05, 0.1) is 30.9 Å². The Morgan fingerprint density at radius 2 is 2.03 bits per heavy atom. The molecule has 3 aliphatic heterocycles. The van der Waals surface area contributed by atoms with Crippen LogP contribution >= 0.6 is 0 Å². The van der Waals surface area contributed by atoms with E-state index in [1.54, 1.807) is 26.6 Å². The second-order valence-electron chi connectivity index (χ2n) is 9.62. The zero-order chi connectivity index (χ0) is 24.7. The highest BCUT2D eigenvalue weighted by Gasteiger charge is 2.55. The highest BCUT2D eigenvalue weighted by Crippen LogP contribution is 2.47. The van der Waals surface area contributed by atoms with E-state index in [9.17, 15) is 9.59 Å². The van der Waals surface area contributed by atoms with Gasteiger partial charge in [-0.15, -0.1) is 0 Å². The first kappa shape index (κ1) is 23.5. The lowest BCUT2D eigenvalue weighted by molar-refractivity contribution is 0.0575. The van der Waals surface area contributed by atoms with Gasteiger partial charge in [0, 0.05) is 50.8 Å². The smallest absolute Gasteiger partial charge is 0.325 e. The molecule has 5 rings (SSSR count). The van der Waals surface area contributed by atoms with E-state index in [2.05, 4.69) is 18.0 Å². The predicted molar refractivity (Wildman–Crippen MR) is 132 cm³/mol. The fourth-order valence-corrected chi connectivity index (χ4v) is 6.19. The van der Waals surface area contributed by atoms with Crippen LogP contribution in [0, 0.1) is 5.92 Å². The fraction of sp³-hybridized carbons (Fsp3) is 0.481. The number of methoxy groups -OCH3 is 2. The Bertz CT molecular complexity index is 1120. The van der Waals surface area contributed by atoms with Crippen LogP contribution in [-0.2, 0) is 9.47 Å². The average molecular weight is 479 g/mol. The lowest BCUT2D eigenvalue weighted by Gasteiger charge is -2.44. The van der Waals surface area contributed by atoms with Crippen LogP contribution in [0.2, 0.25) is 0 Å². The Labute approximate surface area is 206 Å². The van der Waals surface area contributed by atoms with Gasteiger partial charge in [-0.2, -0.15) is 0 Å². The minimum absolute atomic E-state index is 0.0312. The summed E-state index contributed by atoms with van der Waals surface area (Å²) in [5, 5.41) is 0. The second-order valence-corrected chi connectivity index (χ2v) is 9.62. The van der Waals surface area contributed by atoms with Crippen LogP contribution in [0.5, 0.6) is 0 Å². The number of H-pyrrole nitrogens is 1. The summed E-state index contributed by atoms with van der Waals surface area (Å²) in [6, 6.07) is 1.84. The molecule has 1 N–H and O–H groups in total. The van der Waals surface area contributed by atoms with Crippen LogP contribution in [0.3, 0.4) is 0 Å². The first-order valence-corrected chi connectivity index (χ1v) is 12.4. The molecule has 35 heavy (non-hydrogen) atoms. The third-order valence-corrected chi connectivity index (χ3v) is 7.93. The Balaban J connectivity index is 1.49. The Hall–Kier alpha value is -3.26. The molecule has 8 heteroatoms. The molecule has 4 aliphatic rings. The summed E-state index contributed by atoms with van der Waals surface area (Å²) in [6.45, 7) is 6.53. The monoisotopic (exact) mass is 478 g/mol. The zero-order valence-electron chi connectivity index (χ0n) is 20.9. The molecule has 2 fully saturated rings. The number of urea groups is 1. The SMILES string of the molecule is CCN1C(=O)N2CC3=C(C(OC)C=CC(OC)=C3)[C@@H](C)C=C2C12CCN(C(=O)c1cc[nH]c1)CC2. The maximum atomic E-state index is 13.8. The molecule has 1 aromatic heterocycles. The number of aromatic nitrogens is 1. The molecule has 1 spiro atoms. The summed E-state index contributed by atoms with van der Waals surface area (Å²) < 4.78 is 11.4. The quantitative estimate of drug-likeness (QED) is 0.716. The van der Waals surface area contributed by atoms with Gasteiger partial charge in [-0.1, -0.05) is 13.0 Å². The van der Waals surface area contributed by atoms with E-state index < -0.39 is 5.54 Å². The molecule has 1 aromatic rings. The first-order valence-electron chi connectivity index (χ1n) is 12.4. The van der Waals surface area contributed by atoms with Gasteiger partial charge in [-0.05, 0) is 55.2 Å². The van der Waals surface area contributed by atoms with E-state index in [-0.39, 0.29) is 24.0 Å². The number of hydrogen-bond acceptors (Lipinski definition) is 4. The van der Waals surface area contributed by atoms with Crippen LogP contribution in [0.15, 0.2) is 65.4 Å². The number of aromatic amines is 1. The number of rotatable bonds is 4. The molecule has 3 amide bonds. The number of nitrogens with zero attached hydrogens (tertiary/aromatic N) is 3. The number of hydrogen-bond donors (Lipinski definition) is 1. The van der Waals surface area contributed by atoms with E-state index in [1.807, 2.05) is 45.9 Å². The molecule has 1 aliphatic carbocycles. The van der Waals surface area contributed by atoms with Gasteiger partial charge in [0.2, 0.25) is 0 Å². The van der Waals surface area contributed by atoms with Crippen LogP contribution in [0.4, 0.5) is 4.79 Å². The first-order chi connectivity index (χ1) is 16.9. The lowest BCUT2D eigenvalue weighted by atomic mass is 9.81. The van der Waals surface area contributed by atoms with Crippen molar-refractivity contribution in [3.63, 3.8) is 0 Å². The van der Waals surface area contributed by atoms with Crippen molar-refractivity contribution >= 4 is 11.9 Å². The Morgan fingerprint density at radius 1 is 1.26 bits per heavy atom. The Kier molecular flexibility index (Phi) is 6.09. The number of likely N-dealkylation sites (N-methyl/N-ethyl adjacent to an activating group) is 1. The summed E-state index contributed by atoms with van der Waals surface area (Å²) >= 11 is 0. The maximum Gasteiger partial charge on any atom is 0.325 e. The van der Waals surface area contributed by atoms with E-state index >= 15 is 0 Å². The minimum Gasteiger partial charge on any atom is -0.497 e. The van der Waals surface area contributed by atoms with Crippen molar-refractivity contribution in [3.05, 3.63) is 70.9 Å². The number of piperidine rings is 1. The Morgan fingerprint density at radius 3 is 2.66 bits per heavy atom. The summed E-state index contributed by atoms with van der Waals surface area (Å²) in [5.41, 5.74) is 3.53. The van der Waals surface area contributed by atoms with Crippen molar-refractivity contribution in [2.45, 2.75) is 38.3 Å². The third-order valence-electron chi connectivity index (χ3n) is 7.93. The number of carbonyl (C=O) groups is 2. The molecule has 186 valence electrons. The molecule has 0 saturated carbocycles. The van der Waals surface area contributed by atoms with Crippen molar-refractivity contribution in [3.8, 4) is 0 Å². The number of ether oxygens (including phenoxy) is 2. The number of nitrogens with one attached hydrogen (secondary N) is 1. The van der Waals surface area contributed by atoms with Crippen LogP contribution in [0.25, 0.3) is 0 Å². The van der Waals surface area contributed by atoms with Crippen LogP contribution < -0.4 is 0 Å². The van der Waals surface area contributed by atoms with Crippen molar-refractivity contribution in [2.24, 2.45) is 5.92 Å². The second kappa shape index (κ2) is 9.07. The average Bonchev–Trinajstić information content (AvgIpc) is 3.37. The molecule has 0 bridgehead atoms. The third kappa shape index (κ3) is 3.71. The number of fused-ring (bicyclic) bond motifs is 2. The van der Waals surface area contributed by atoms with Crippen molar-refractivity contribution in [1.29, 1.82) is 0 Å². The van der Waals surface area contributed by atoms with Crippen LogP contribution in [-0.4, -0.2) is 83.7 Å². The molecule has 1 unspecified atom stereocenters. The maximum absolute atomic E-state index is 13.8. The molecule has 4 heterocycles. The predicted octanol–water partition coefficient (Wildman–Crippen LogP) is 3.69. The van der Waals surface area contributed by atoms with Crippen molar-refractivity contribution < 1.29 is 19.1 Å². The summed E-state index contributed by atoms with van der Waals surface area (Å²) in [7, 11) is 3.37. The summed E-state index contributed by atoms with van der Waals surface area (Å²) in [6.07, 6.45) is 13.0. The molecule has 0 radical (unpaired) electrons. The highest BCUT2D eigenvalue weighted by molar-refractivity contribution is 5.94.